The van der Waals surface area contributed by atoms with Gasteiger partial charge in [-0.15, -0.1) is 0 Å². The molecule has 5 nitrogen and oxygen atoms in total. The number of carbonyl (C=O) groups is 2. The Balaban J connectivity index is 2.12. The van der Waals surface area contributed by atoms with Crippen LogP contribution >= 0.6 is 0 Å². The number of alkyl halides is 6. The summed E-state index contributed by atoms with van der Waals surface area (Å²) >= 11 is 0. The Hall–Kier alpha value is -3.31. The second kappa shape index (κ2) is 8.59. The maximum Gasteiger partial charge on any atom is 0.416 e. The molecule has 0 saturated carbocycles. The van der Waals surface area contributed by atoms with E-state index in [-0.39, 0.29) is 23.9 Å². The summed E-state index contributed by atoms with van der Waals surface area (Å²) in [4.78, 5) is 23.9. The molecule has 30 heavy (non-hydrogen) atoms. The van der Waals surface area contributed by atoms with Crippen LogP contribution in [0.1, 0.15) is 28.4 Å². The number of hydrogen-bond acceptors (Lipinski definition) is 3. The molecule has 2 N–H and O–H groups in total. The van der Waals surface area contributed by atoms with Crippen molar-refractivity contribution in [3.8, 4) is 5.75 Å². The molecule has 0 heterocycles. The average molecular weight is 438 g/mol. The van der Waals surface area contributed by atoms with E-state index in [0.717, 1.165) is 6.07 Å². The monoisotopic (exact) mass is 438 g/mol. The highest BCUT2D eigenvalue weighted by Crippen LogP contribution is 2.36. The Morgan fingerprint density at radius 3 is 1.93 bits per heavy atom. The van der Waals surface area contributed by atoms with E-state index in [1.807, 2.05) is 0 Å². The highest BCUT2D eigenvalue weighted by atomic mass is 19.4. The maximum absolute atomic E-state index is 13.5. The molecular weight excluding hydrogens is 425 g/mol. The van der Waals surface area contributed by atoms with E-state index >= 15 is 0 Å². The normalized spacial score (nSPS) is 12.8. The number of amides is 2. The minimum atomic E-state index is -5.14. The SMILES string of the molecule is CC(Oc1ccccc1F)C(=O)NNC(=O)c1cc(C(F)(F)F)cc(C(F)(F)F)c1. The van der Waals surface area contributed by atoms with Crippen LogP contribution < -0.4 is 15.6 Å². The first kappa shape index (κ1) is 23.0. The number of carbonyl (C=O) groups excluding carboxylic acids is 2. The van der Waals surface area contributed by atoms with Crippen LogP contribution in [0.15, 0.2) is 42.5 Å². The third kappa shape index (κ3) is 5.84. The van der Waals surface area contributed by atoms with Crippen LogP contribution in [0.4, 0.5) is 30.7 Å². The Morgan fingerprint density at radius 2 is 1.43 bits per heavy atom. The van der Waals surface area contributed by atoms with Gasteiger partial charge >= 0.3 is 12.4 Å². The molecule has 162 valence electrons. The van der Waals surface area contributed by atoms with E-state index in [0.29, 0.717) is 0 Å². The van der Waals surface area contributed by atoms with Gasteiger partial charge in [0, 0.05) is 5.56 Å². The number of rotatable bonds is 4. The summed E-state index contributed by atoms with van der Waals surface area (Å²) < 4.78 is 95.6. The van der Waals surface area contributed by atoms with Gasteiger partial charge in [0.05, 0.1) is 11.1 Å². The molecule has 0 radical (unpaired) electrons. The lowest BCUT2D eigenvalue weighted by Crippen LogP contribution is -2.47. The molecule has 0 aliphatic heterocycles. The number of benzene rings is 2. The lowest BCUT2D eigenvalue weighted by Gasteiger charge is -2.16. The standard InChI is InChI=1S/C18H13F7N2O3/c1-9(30-14-5-3-2-4-13(14)19)15(28)26-27-16(29)10-6-11(17(20,21)22)8-12(7-10)18(23,24)25/h2-9H,1H3,(H,26,28)(H,27,29). The van der Waals surface area contributed by atoms with Gasteiger partial charge in [-0.2, -0.15) is 26.3 Å². The lowest BCUT2D eigenvalue weighted by molar-refractivity contribution is -0.143. The molecule has 0 bridgehead atoms. The lowest BCUT2D eigenvalue weighted by atomic mass is 10.0. The Kier molecular flexibility index (Phi) is 6.58. The van der Waals surface area contributed by atoms with Crippen molar-refractivity contribution in [2.45, 2.75) is 25.4 Å². The van der Waals surface area contributed by atoms with Gasteiger partial charge in [0.1, 0.15) is 0 Å². The molecule has 12 heteroatoms. The molecule has 0 saturated heterocycles. The molecule has 0 aromatic heterocycles. The smallest absolute Gasteiger partial charge is 0.416 e. The van der Waals surface area contributed by atoms with Crippen LogP contribution in [0.2, 0.25) is 0 Å². The van der Waals surface area contributed by atoms with Crippen LogP contribution in [-0.2, 0) is 17.1 Å². The van der Waals surface area contributed by atoms with Gasteiger partial charge in [0.25, 0.3) is 11.8 Å². The topological polar surface area (TPSA) is 67.4 Å². The van der Waals surface area contributed by atoms with Gasteiger partial charge in [-0.05, 0) is 37.3 Å². The maximum atomic E-state index is 13.5. The first-order chi connectivity index (χ1) is 13.8. The third-order valence-corrected chi connectivity index (χ3v) is 3.66. The van der Waals surface area contributed by atoms with Crippen molar-refractivity contribution >= 4 is 11.8 Å². The predicted molar refractivity (Wildman–Crippen MR) is 88.5 cm³/mol. The van der Waals surface area contributed by atoms with Gasteiger partial charge in [-0.1, -0.05) is 12.1 Å². The summed E-state index contributed by atoms with van der Waals surface area (Å²) in [6, 6.07) is 5.35. The summed E-state index contributed by atoms with van der Waals surface area (Å²) in [6.07, 6.45) is -11.6. The number of para-hydroxylation sites is 1. The average Bonchev–Trinajstić information content (AvgIpc) is 2.65. The summed E-state index contributed by atoms with van der Waals surface area (Å²) in [5.74, 6) is -3.52. The molecule has 2 rings (SSSR count). The molecule has 0 spiro atoms. The second-order valence-corrected chi connectivity index (χ2v) is 5.93. The van der Waals surface area contributed by atoms with Crippen LogP contribution in [0.25, 0.3) is 0 Å². The molecule has 0 fully saturated rings. The van der Waals surface area contributed by atoms with E-state index in [4.69, 9.17) is 4.74 Å². The van der Waals surface area contributed by atoms with E-state index in [1.165, 1.54) is 25.1 Å². The third-order valence-electron chi connectivity index (χ3n) is 3.66. The fourth-order valence-electron chi connectivity index (χ4n) is 2.16. The van der Waals surface area contributed by atoms with Crippen LogP contribution in [0, 0.1) is 5.82 Å². The van der Waals surface area contributed by atoms with Gasteiger partial charge in [0.15, 0.2) is 17.7 Å². The largest absolute Gasteiger partial charge is 0.478 e. The first-order valence-electron chi connectivity index (χ1n) is 8.10. The van der Waals surface area contributed by atoms with Gasteiger partial charge < -0.3 is 4.74 Å². The zero-order valence-electron chi connectivity index (χ0n) is 15.0. The molecule has 0 aliphatic carbocycles. The highest BCUT2D eigenvalue weighted by Gasteiger charge is 2.37. The van der Waals surface area contributed by atoms with E-state index in [2.05, 4.69) is 0 Å². The number of nitrogens with one attached hydrogen (secondary N) is 2. The van der Waals surface area contributed by atoms with Crippen LogP contribution in [0.5, 0.6) is 5.75 Å². The number of hydrazine groups is 1. The van der Waals surface area contributed by atoms with Gasteiger partial charge in [0.2, 0.25) is 0 Å². The van der Waals surface area contributed by atoms with Crippen LogP contribution in [-0.4, -0.2) is 17.9 Å². The molecule has 1 unspecified atom stereocenters. The zero-order valence-corrected chi connectivity index (χ0v) is 15.0. The number of hydrogen-bond donors (Lipinski definition) is 2. The number of halogens is 7. The molecule has 2 amide bonds. The second-order valence-electron chi connectivity index (χ2n) is 5.93. The van der Waals surface area contributed by atoms with Gasteiger partial charge in [-0.3, -0.25) is 20.4 Å². The molecule has 1 atom stereocenters. The summed E-state index contributed by atoms with van der Waals surface area (Å²) in [7, 11) is 0. The predicted octanol–water partition coefficient (Wildman–Crippen LogP) is 4.09. The van der Waals surface area contributed by atoms with E-state index < -0.39 is 52.8 Å². The summed E-state index contributed by atoms with van der Waals surface area (Å²) in [5.41, 5.74) is -0.887. The summed E-state index contributed by atoms with van der Waals surface area (Å²) in [5, 5.41) is 0. The summed E-state index contributed by atoms with van der Waals surface area (Å²) in [6.45, 7) is 1.18. The number of ether oxygens (including phenoxy) is 1. The minimum Gasteiger partial charge on any atom is -0.478 e. The molecule has 0 aliphatic rings. The van der Waals surface area contributed by atoms with Gasteiger partial charge in [-0.25, -0.2) is 4.39 Å². The quantitative estimate of drug-likeness (QED) is 0.558. The van der Waals surface area contributed by atoms with Crippen molar-refractivity contribution in [3.05, 3.63) is 65.0 Å². The Morgan fingerprint density at radius 1 is 0.900 bits per heavy atom. The highest BCUT2D eigenvalue weighted by molar-refractivity contribution is 5.96. The fraction of sp³-hybridized carbons (Fsp3) is 0.222. The fourth-order valence-corrected chi connectivity index (χ4v) is 2.16. The Labute approximate surface area is 164 Å². The van der Waals surface area contributed by atoms with Crippen molar-refractivity contribution < 1.29 is 45.1 Å². The van der Waals surface area contributed by atoms with Crippen LogP contribution in [0.3, 0.4) is 0 Å². The van der Waals surface area contributed by atoms with Crippen molar-refractivity contribution in [2.75, 3.05) is 0 Å². The molecule has 2 aromatic carbocycles. The minimum absolute atomic E-state index is 0.139. The van der Waals surface area contributed by atoms with E-state index in [9.17, 15) is 40.3 Å². The van der Waals surface area contributed by atoms with Crippen molar-refractivity contribution in [3.63, 3.8) is 0 Å². The Bertz CT molecular complexity index is 910. The zero-order chi connectivity index (χ0) is 22.7. The van der Waals surface area contributed by atoms with Crippen molar-refractivity contribution in [1.82, 2.24) is 10.9 Å². The molecular formula is C18H13F7N2O3. The first-order valence-corrected chi connectivity index (χ1v) is 8.10. The van der Waals surface area contributed by atoms with Crippen molar-refractivity contribution in [1.29, 1.82) is 0 Å². The molecule has 2 aromatic rings. The van der Waals surface area contributed by atoms with Crippen molar-refractivity contribution in [2.24, 2.45) is 0 Å². The van der Waals surface area contributed by atoms with E-state index in [1.54, 1.807) is 10.9 Å².